The highest BCUT2D eigenvalue weighted by molar-refractivity contribution is 6.62. The van der Waals surface area contributed by atoms with Crippen LogP contribution in [0.5, 0.6) is 5.75 Å². The molecule has 0 unspecified atom stereocenters. The lowest BCUT2D eigenvalue weighted by Gasteiger charge is -2.11. The Morgan fingerprint density at radius 1 is 1.11 bits per heavy atom. The lowest BCUT2D eigenvalue weighted by molar-refractivity contribution is 0.290. The van der Waals surface area contributed by atoms with Crippen molar-refractivity contribution in [2.24, 2.45) is 0 Å². The summed E-state index contributed by atoms with van der Waals surface area (Å²) in [7, 11) is -1.98. The van der Waals surface area contributed by atoms with Crippen molar-refractivity contribution in [3.05, 3.63) is 58.9 Å². The summed E-state index contributed by atoms with van der Waals surface area (Å²) in [5, 5.41) is 18.1. The molecule has 0 bridgehead atoms. The fourth-order valence-electron chi connectivity index (χ4n) is 1.63. The zero-order chi connectivity index (χ0) is 13.8. The van der Waals surface area contributed by atoms with Gasteiger partial charge in [-0.1, -0.05) is 41.9 Å². The van der Waals surface area contributed by atoms with Gasteiger partial charge in [0.25, 0.3) is 0 Å². The average Bonchev–Trinajstić information content (AvgIpc) is 2.38. The van der Waals surface area contributed by atoms with Crippen LogP contribution in [0, 0.1) is 5.82 Å². The van der Waals surface area contributed by atoms with Gasteiger partial charge in [-0.05, 0) is 17.7 Å². The smallest absolute Gasteiger partial charge is 0.486 e. The van der Waals surface area contributed by atoms with Gasteiger partial charge in [0, 0.05) is 10.5 Å². The summed E-state index contributed by atoms with van der Waals surface area (Å²) in [6.07, 6.45) is 0. The second kappa shape index (κ2) is 6.06. The topological polar surface area (TPSA) is 49.7 Å². The van der Waals surface area contributed by atoms with Crippen LogP contribution in [0.4, 0.5) is 4.39 Å². The van der Waals surface area contributed by atoms with E-state index in [9.17, 15) is 4.39 Å². The van der Waals surface area contributed by atoms with Crippen LogP contribution >= 0.6 is 11.6 Å². The second-order valence-corrected chi connectivity index (χ2v) is 4.33. The SMILES string of the molecule is OB(O)c1c(Cl)ccc(OCc2ccccc2)c1F. The van der Waals surface area contributed by atoms with E-state index in [0.717, 1.165) is 5.56 Å². The number of ether oxygens (including phenoxy) is 1. The Kier molecular flexibility index (Phi) is 4.42. The second-order valence-electron chi connectivity index (χ2n) is 3.92. The maximum atomic E-state index is 14.0. The maximum absolute atomic E-state index is 14.0. The van der Waals surface area contributed by atoms with Crippen molar-refractivity contribution in [2.75, 3.05) is 0 Å². The fourth-order valence-corrected chi connectivity index (χ4v) is 1.88. The van der Waals surface area contributed by atoms with E-state index in [-0.39, 0.29) is 22.8 Å². The molecule has 0 saturated heterocycles. The van der Waals surface area contributed by atoms with Crippen LogP contribution in [-0.4, -0.2) is 17.2 Å². The highest BCUT2D eigenvalue weighted by Crippen LogP contribution is 2.20. The molecule has 0 aliphatic heterocycles. The molecule has 0 heterocycles. The first-order valence-electron chi connectivity index (χ1n) is 5.60. The lowest BCUT2D eigenvalue weighted by atomic mass is 9.79. The summed E-state index contributed by atoms with van der Waals surface area (Å²) >= 11 is 5.70. The Hall–Kier alpha value is -1.56. The number of halogens is 2. The number of hydrogen-bond acceptors (Lipinski definition) is 3. The van der Waals surface area contributed by atoms with Crippen LogP contribution in [0.25, 0.3) is 0 Å². The van der Waals surface area contributed by atoms with Gasteiger partial charge >= 0.3 is 7.12 Å². The van der Waals surface area contributed by atoms with Crippen molar-refractivity contribution in [2.45, 2.75) is 6.61 Å². The van der Waals surface area contributed by atoms with Crippen molar-refractivity contribution in [1.29, 1.82) is 0 Å². The van der Waals surface area contributed by atoms with Crippen LogP contribution in [0.15, 0.2) is 42.5 Å². The zero-order valence-corrected chi connectivity index (χ0v) is 10.6. The van der Waals surface area contributed by atoms with Crippen LogP contribution in [0.1, 0.15) is 5.56 Å². The van der Waals surface area contributed by atoms with Crippen LogP contribution in [0.2, 0.25) is 5.02 Å². The van der Waals surface area contributed by atoms with Gasteiger partial charge in [-0.15, -0.1) is 0 Å². The molecule has 2 aromatic rings. The minimum Gasteiger partial charge on any atom is -0.486 e. The molecule has 0 atom stereocenters. The van der Waals surface area contributed by atoms with E-state index in [1.165, 1.54) is 12.1 Å². The van der Waals surface area contributed by atoms with Gasteiger partial charge in [0.2, 0.25) is 0 Å². The molecule has 2 rings (SSSR count). The summed E-state index contributed by atoms with van der Waals surface area (Å²) in [5.41, 5.74) is 0.496. The van der Waals surface area contributed by atoms with E-state index in [1.54, 1.807) is 0 Å². The van der Waals surface area contributed by atoms with Crippen molar-refractivity contribution in [3.63, 3.8) is 0 Å². The van der Waals surface area contributed by atoms with Crippen molar-refractivity contribution in [3.8, 4) is 5.75 Å². The molecule has 0 aliphatic carbocycles. The minimum absolute atomic E-state index is 0.0560. The van der Waals surface area contributed by atoms with Gasteiger partial charge in [-0.2, -0.15) is 0 Å². The predicted octanol–water partition coefficient (Wildman–Crippen LogP) is 1.74. The van der Waals surface area contributed by atoms with Crippen molar-refractivity contribution < 1.29 is 19.2 Å². The Bertz CT molecular complexity index is 563. The largest absolute Gasteiger partial charge is 0.493 e. The zero-order valence-electron chi connectivity index (χ0n) is 9.88. The molecule has 0 radical (unpaired) electrons. The quantitative estimate of drug-likeness (QED) is 0.839. The Balaban J connectivity index is 2.20. The van der Waals surface area contributed by atoms with Crippen molar-refractivity contribution in [1.82, 2.24) is 0 Å². The molecule has 0 spiro atoms. The van der Waals surface area contributed by atoms with Gasteiger partial charge in [0.05, 0.1) is 0 Å². The highest BCUT2D eigenvalue weighted by atomic mass is 35.5. The Labute approximate surface area is 115 Å². The molecule has 0 saturated carbocycles. The summed E-state index contributed by atoms with van der Waals surface area (Å²) in [6, 6.07) is 12.0. The number of hydrogen-bond donors (Lipinski definition) is 2. The van der Waals surface area contributed by atoms with Gasteiger partial charge in [-0.25, -0.2) is 4.39 Å². The maximum Gasteiger partial charge on any atom is 0.493 e. The molecule has 2 N–H and O–H groups in total. The third-order valence-electron chi connectivity index (χ3n) is 2.59. The predicted molar refractivity (Wildman–Crippen MR) is 72.0 cm³/mol. The normalized spacial score (nSPS) is 10.3. The van der Waals surface area contributed by atoms with Gasteiger partial charge in [-0.3, -0.25) is 0 Å². The lowest BCUT2D eigenvalue weighted by Crippen LogP contribution is -2.34. The Morgan fingerprint density at radius 3 is 2.42 bits per heavy atom. The molecular formula is C13H11BClFO3. The number of benzene rings is 2. The monoisotopic (exact) mass is 280 g/mol. The van der Waals surface area contributed by atoms with E-state index in [2.05, 4.69) is 0 Å². The van der Waals surface area contributed by atoms with E-state index in [1.807, 2.05) is 30.3 Å². The molecule has 98 valence electrons. The van der Waals surface area contributed by atoms with Gasteiger partial charge < -0.3 is 14.8 Å². The molecule has 0 fully saturated rings. The van der Waals surface area contributed by atoms with Crippen LogP contribution < -0.4 is 10.2 Å². The molecule has 2 aromatic carbocycles. The third kappa shape index (κ3) is 3.26. The molecule has 0 amide bonds. The summed E-state index contributed by atoms with van der Waals surface area (Å²) < 4.78 is 19.3. The molecule has 19 heavy (non-hydrogen) atoms. The van der Waals surface area contributed by atoms with E-state index >= 15 is 0 Å². The highest BCUT2D eigenvalue weighted by Gasteiger charge is 2.23. The molecule has 3 nitrogen and oxygen atoms in total. The fraction of sp³-hybridized carbons (Fsp3) is 0.0769. The standard InChI is InChI=1S/C13H11BClFO3/c15-10-6-7-11(13(16)12(10)14(17)18)19-8-9-4-2-1-3-5-9/h1-7,17-18H,8H2. The molecule has 6 heteroatoms. The van der Waals surface area contributed by atoms with Gasteiger partial charge in [0.15, 0.2) is 11.6 Å². The molecular weight excluding hydrogens is 269 g/mol. The first-order chi connectivity index (χ1) is 9.09. The summed E-state index contributed by atoms with van der Waals surface area (Å²) in [5.74, 6) is -0.935. The van der Waals surface area contributed by atoms with Crippen LogP contribution in [-0.2, 0) is 6.61 Å². The third-order valence-corrected chi connectivity index (χ3v) is 2.92. The summed E-state index contributed by atoms with van der Waals surface area (Å²) in [6.45, 7) is 0.181. The number of rotatable bonds is 4. The summed E-state index contributed by atoms with van der Waals surface area (Å²) in [4.78, 5) is 0. The molecule has 0 aromatic heterocycles. The van der Waals surface area contributed by atoms with E-state index < -0.39 is 12.9 Å². The van der Waals surface area contributed by atoms with E-state index in [4.69, 9.17) is 26.4 Å². The van der Waals surface area contributed by atoms with Crippen LogP contribution in [0.3, 0.4) is 0 Å². The Morgan fingerprint density at radius 2 is 1.79 bits per heavy atom. The average molecular weight is 280 g/mol. The van der Waals surface area contributed by atoms with Gasteiger partial charge in [0.1, 0.15) is 6.61 Å². The first kappa shape index (κ1) is 13.9. The van der Waals surface area contributed by atoms with Crippen molar-refractivity contribution >= 4 is 24.2 Å². The molecule has 0 aliphatic rings. The minimum atomic E-state index is -1.98. The first-order valence-corrected chi connectivity index (χ1v) is 5.98. The van der Waals surface area contributed by atoms with E-state index in [0.29, 0.717) is 0 Å².